The smallest absolute Gasteiger partial charge is 0.237 e. The summed E-state index contributed by atoms with van der Waals surface area (Å²) in [6.07, 6.45) is 3.22. The summed E-state index contributed by atoms with van der Waals surface area (Å²) in [5, 5.41) is 10.0. The van der Waals surface area contributed by atoms with Gasteiger partial charge in [-0.2, -0.15) is 5.26 Å². The van der Waals surface area contributed by atoms with Gasteiger partial charge < -0.3 is 10.6 Å². The van der Waals surface area contributed by atoms with Gasteiger partial charge in [-0.25, -0.2) is 14.2 Å². The fraction of sp³-hybridized carbons (Fsp3) is 0.208. The highest BCUT2D eigenvalue weighted by molar-refractivity contribution is 5.93. The molecule has 30 heavy (non-hydrogen) atoms. The van der Waals surface area contributed by atoms with E-state index in [-0.39, 0.29) is 17.3 Å². The van der Waals surface area contributed by atoms with Gasteiger partial charge in [0.2, 0.25) is 5.69 Å². The van der Waals surface area contributed by atoms with E-state index >= 15 is 0 Å². The number of hydrogen-bond acceptors (Lipinski definition) is 4. The summed E-state index contributed by atoms with van der Waals surface area (Å²) in [7, 11) is 0. The molecule has 0 unspecified atom stereocenters. The Kier molecular flexibility index (Phi) is 5.32. The molecule has 0 aliphatic carbocycles. The molecule has 1 fully saturated rings. The maximum atomic E-state index is 13.3. The zero-order chi connectivity index (χ0) is 21.1. The quantitative estimate of drug-likeness (QED) is 0.588. The minimum Gasteiger partial charge on any atom is -0.392 e. The van der Waals surface area contributed by atoms with Gasteiger partial charge in [-0.3, -0.25) is 0 Å². The van der Waals surface area contributed by atoms with Crippen LogP contribution in [0, 0.1) is 23.7 Å². The van der Waals surface area contributed by atoms with Gasteiger partial charge in [0.15, 0.2) is 0 Å². The molecular formula is C24H20FN5. The molecule has 5 nitrogen and oxygen atoms in total. The molecule has 0 bridgehead atoms. The van der Waals surface area contributed by atoms with Crippen molar-refractivity contribution in [1.82, 2.24) is 4.98 Å². The molecule has 2 aromatic carbocycles. The third-order valence-electron chi connectivity index (χ3n) is 5.39. The van der Waals surface area contributed by atoms with Gasteiger partial charge in [-0.1, -0.05) is 30.3 Å². The Morgan fingerprint density at radius 1 is 1.03 bits per heavy atom. The van der Waals surface area contributed by atoms with E-state index < -0.39 is 0 Å². The molecule has 2 N–H and O–H groups in total. The summed E-state index contributed by atoms with van der Waals surface area (Å²) in [4.78, 5) is 10.1. The van der Waals surface area contributed by atoms with Crippen molar-refractivity contribution in [3.05, 3.63) is 71.3 Å². The minimum absolute atomic E-state index is 0.131. The number of nitriles is 1. The largest absolute Gasteiger partial charge is 0.392 e. The van der Waals surface area contributed by atoms with Crippen molar-refractivity contribution in [3.63, 3.8) is 0 Å². The van der Waals surface area contributed by atoms with Gasteiger partial charge in [0.25, 0.3) is 0 Å². The van der Waals surface area contributed by atoms with Gasteiger partial charge in [-0.15, -0.1) is 0 Å². The number of piperidine rings is 1. The average Bonchev–Trinajstić information content (AvgIpc) is 2.79. The van der Waals surface area contributed by atoms with Crippen LogP contribution in [0.25, 0.3) is 27.1 Å². The van der Waals surface area contributed by atoms with E-state index in [9.17, 15) is 9.65 Å². The Morgan fingerprint density at radius 3 is 2.40 bits per heavy atom. The summed E-state index contributed by atoms with van der Waals surface area (Å²) in [6, 6.07) is 16.0. The number of rotatable bonds is 3. The highest BCUT2D eigenvalue weighted by atomic mass is 19.1. The predicted octanol–water partition coefficient (Wildman–Crippen LogP) is 5.55. The molecule has 2 heterocycles. The molecule has 0 radical (unpaired) electrons. The van der Waals surface area contributed by atoms with Gasteiger partial charge in [0.1, 0.15) is 23.5 Å². The normalized spacial score (nSPS) is 13.5. The average molecular weight is 397 g/mol. The van der Waals surface area contributed by atoms with Gasteiger partial charge in [-0.05, 0) is 54.2 Å². The molecule has 148 valence electrons. The van der Waals surface area contributed by atoms with E-state index in [2.05, 4.69) is 20.8 Å². The van der Waals surface area contributed by atoms with E-state index in [0.717, 1.165) is 43.5 Å². The van der Waals surface area contributed by atoms with Crippen LogP contribution in [0.2, 0.25) is 0 Å². The molecule has 0 atom stereocenters. The van der Waals surface area contributed by atoms with E-state index in [1.807, 2.05) is 24.3 Å². The van der Waals surface area contributed by atoms with Crippen molar-refractivity contribution >= 4 is 17.3 Å². The highest BCUT2D eigenvalue weighted by Gasteiger charge is 2.24. The second-order valence-electron chi connectivity index (χ2n) is 7.28. The zero-order valence-corrected chi connectivity index (χ0v) is 16.4. The summed E-state index contributed by atoms with van der Waals surface area (Å²) < 4.78 is 13.3. The first-order valence-electron chi connectivity index (χ1n) is 9.84. The standard InChI is InChI=1S/C24H20FN5/c1-28-22-21(18-7-5-6-17(14-18)16-8-10-19(25)11-9-16)20(15-26)24(29-23(22)27)30-12-3-2-4-13-30/h5-11,14H,2-4,12-13H2,(H2,27,29). The maximum Gasteiger partial charge on any atom is 0.237 e. The first-order valence-corrected chi connectivity index (χ1v) is 9.84. The molecular weight excluding hydrogens is 377 g/mol. The number of aromatic nitrogens is 1. The molecule has 6 heteroatoms. The van der Waals surface area contributed by atoms with Crippen LogP contribution in [-0.2, 0) is 0 Å². The lowest BCUT2D eigenvalue weighted by Gasteiger charge is -2.29. The Morgan fingerprint density at radius 2 is 1.73 bits per heavy atom. The number of pyridine rings is 1. The van der Waals surface area contributed by atoms with Crippen LogP contribution < -0.4 is 10.6 Å². The maximum absolute atomic E-state index is 13.3. The van der Waals surface area contributed by atoms with Crippen molar-refractivity contribution in [2.45, 2.75) is 19.3 Å². The van der Waals surface area contributed by atoms with Crippen molar-refractivity contribution in [1.29, 1.82) is 5.26 Å². The second kappa shape index (κ2) is 8.23. The van der Waals surface area contributed by atoms with E-state index in [0.29, 0.717) is 22.5 Å². The number of halogens is 1. The van der Waals surface area contributed by atoms with Crippen LogP contribution in [-0.4, -0.2) is 18.1 Å². The van der Waals surface area contributed by atoms with Crippen molar-refractivity contribution in [2.24, 2.45) is 0 Å². The third-order valence-corrected chi connectivity index (χ3v) is 5.39. The second-order valence-corrected chi connectivity index (χ2v) is 7.28. The van der Waals surface area contributed by atoms with Crippen molar-refractivity contribution in [3.8, 4) is 28.3 Å². The molecule has 0 amide bonds. The molecule has 1 aliphatic heterocycles. The first kappa shape index (κ1) is 19.4. The predicted molar refractivity (Wildman–Crippen MR) is 117 cm³/mol. The van der Waals surface area contributed by atoms with Crippen LogP contribution in [0.1, 0.15) is 24.8 Å². The molecule has 1 aliphatic rings. The van der Waals surface area contributed by atoms with Crippen molar-refractivity contribution in [2.75, 3.05) is 23.7 Å². The number of nitrogens with zero attached hydrogens (tertiary/aromatic N) is 4. The lowest BCUT2D eigenvalue weighted by atomic mass is 9.95. The lowest BCUT2D eigenvalue weighted by molar-refractivity contribution is 0.573. The Hall–Kier alpha value is -3.90. The molecule has 3 aromatic rings. The van der Waals surface area contributed by atoms with E-state index in [1.54, 1.807) is 12.1 Å². The van der Waals surface area contributed by atoms with Crippen LogP contribution >= 0.6 is 0 Å². The fourth-order valence-corrected chi connectivity index (χ4v) is 3.91. The van der Waals surface area contributed by atoms with E-state index in [1.165, 1.54) is 12.1 Å². The van der Waals surface area contributed by atoms with E-state index in [4.69, 9.17) is 12.3 Å². The number of hydrogen-bond donors (Lipinski definition) is 1. The zero-order valence-electron chi connectivity index (χ0n) is 16.4. The number of nitrogen functional groups attached to an aromatic ring is 1. The Bertz CT molecular complexity index is 1170. The highest BCUT2D eigenvalue weighted by Crippen LogP contribution is 2.42. The molecule has 0 spiro atoms. The summed E-state index contributed by atoms with van der Waals surface area (Å²) in [6.45, 7) is 9.27. The Balaban J connectivity index is 1.91. The van der Waals surface area contributed by atoms with Crippen LogP contribution in [0.5, 0.6) is 0 Å². The number of nitrogens with two attached hydrogens (primary N) is 1. The minimum atomic E-state index is -0.301. The van der Waals surface area contributed by atoms with Gasteiger partial charge >= 0.3 is 0 Å². The first-order chi connectivity index (χ1) is 14.6. The monoisotopic (exact) mass is 397 g/mol. The fourth-order valence-electron chi connectivity index (χ4n) is 3.91. The molecule has 4 rings (SSSR count). The summed E-state index contributed by atoms with van der Waals surface area (Å²) >= 11 is 0. The Labute approximate surface area is 175 Å². The molecule has 0 saturated carbocycles. The van der Waals surface area contributed by atoms with Crippen LogP contribution in [0.3, 0.4) is 0 Å². The molecule has 1 aromatic heterocycles. The third kappa shape index (κ3) is 3.56. The van der Waals surface area contributed by atoms with Gasteiger partial charge in [0.05, 0.1) is 12.1 Å². The SMILES string of the molecule is [C-]#[N+]c1c(N)nc(N2CCCCC2)c(C#N)c1-c1cccc(-c2ccc(F)cc2)c1. The topological polar surface area (TPSA) is 70.3 Å². The van der Waals surface area contributed by atoms with Crippen LogP contribution in [0.4, 0.5) is 21.7 Å². The van der Waals surface area contributed by atoms with Crippen molar-refractivity contribution < 1.29 is 4.39 Å². The van der Waals surface area contributed by atoms with Gasteiger partial charge in [0, 0.05) is 18.7 Å². The van der Waals surface area contributed by atoms with Crippen LogP contribution in [0.15, 0.2) is 48.5 Å². The number of benzene rings is 2. The number of anilines is 2. The summed E-state index contributed by atoms with van der Waals surface area (Å²) in [5.74, 6) is 0.376. The lowest BCUT2D eigenvalue weighted by Crippen LogP contribution is -2.31. The summed E-state index contributed by atoms with van der Waals surface area (Å²) in [5.41, 5.74) is 9.64. The molecule has 1 saturated heterocycles.